The number of aryl methyl sites for hydroxylation is 1. The molecule has 1 aromatic heterocycles. The first-order valence-corrected chi connectivity index (χ1v) is 4.73. The van der Waals surface area contributed by atoms with Gasteiger partial charge in [0.05, 0.1) is 6.42 Å². The quantitative estimate of drug-likeness (QED) is 0.463. The van der Waals surface area contributed by atoms with E-state index >= 15 is 0 Å². The van der Waals surface area contributed by atoms with Crippen molar-refractivity contribution in [2.24, 2.45) is 0 Å². The van der Waals surface area contributed by atoms with Crippen LogP contribution in [-0.4, -0.2) is 22.6 Å². The second kappa shape index (κ2) is 4.15. The predicted octanol–water partition coefficient (Wildman–Crippen LogP) is 1.28. The monoisotopic (exact) mass is 212 g/mol. The molecule has 14 heavy (non-hydrogen) atoms. The Morgan fingerprint density at radius 2 is 2.07 bits per heavy atom. The highest BCUT2D eigenvalue weighted by Crippen LogP contribution is 2.16. The molecule has 0 aromatic carbocycles. The highest BCUT2D eigenvalue weighted by Gasteiger charge is 2.19. The molecule has 1 rings (SSSR count). The summed E-state index contributed by atoms with van der Waals surface area (Å²) in [4.78, 5) is 33.1. The number of rotatable bonds is 4. The van der Waals surface area contributed by atoms with Gasteiger partial charge in [0, 0.05) is 10.4 Å². The van der Waals surface area contributed by atoms with Gasteiger partial charge in [0.25, 0.3) is 0 Å². The van der Waals surface area contributed by atoms with Crippen molar-refractivity contribution in [1.82, 2.24) is 0 Å². The Bertz CT molecular complexity index is 391. The molecule has 0 aliphatic heterocycles. The molecule has 0 radical (unpaired) electrons. The molecule has 0 amide bonds. The van der Waals surface area contributed by atoms with Crippen LogP contribution in [0.15, 0.2) is 11.4 Å². The molecule has 5 heteroatoms. The number of carbonyl (C=O) groups is 3. The fourth-order valence-electron chi connectivity index (χ4n) is 0.991. The lowest BCUT2D eigenvalue weighted by Crippen LogP contribution is -2.17. The van der Waals surface area contributed by atoms with Crippen LogP contribution >= 0.6 is 11.3 Å². The number of thiophene rings is 1. The van der Waals surface area contributed by atoms with Gasteiger partial charge in [-0.1, -0.05) is 0 Å². The smallest absolute Gasteiger partial charge is 0.372 e. The van der Waals surface area contributed by atoms with Crippen LogP contribution in [0, 0.1) is 6.92 Å². The number of hydrogen-bond donors (Lipinski definition) is 1. The molecule has 0 fully saturated rings. The molecule has 0 unspecified atom stereocenters. The second-order valence-corrected chi connectivity index (χ2v) is 3.84. The number of aliphatic carboxylic acids is 1. The van der Waals surface area contributed by atoms with Gasteiger partial charge in [-0.25, -0.2) is 4.79 Å². The zero-order valence-electron chi connectivity index (χ0n) is 7.44. The molecule has 0 saturated carbocycles. The maximum Gasteiger partial charge on any atom is 0.372 e. The summed E-state index contributed by atoms with van der Waals surface area (Å²) >= 11 is 1.39. The van der Waals surface area contributed by atoms with Gasteiger partial charge in [-0.2, -0.15) is 0 Å². The van der Waals surface area contributed by atoms with Crippen LogP contribution in [-0.2, 0) is 9.59 Å². The minimum Gasteiger partial charge on any atom is -0.475 e. The SMILES string of the molecule is Cc1sccc1C(=O)CC(=O)C(=O)O. The van der Waals surface area contributed by atoms with Crippen molar-refractivity contribution in [2.45, 2.75) is 13.3 Å². The highest BCUT2D eigenvalue weighted by molar-refractivity contribution is 7.10. The van der Waals surface area contributed by atoms with E-state index in [9.17, 15) is 14.4 Å². The lowest BCUT2D eigenvalue weighted by Gasteiger charge is -1.96. The van der Waals surface area contributed by atoms with E-state index in [-0.39, 0.29) is 0 Å². The van der Waals surface area contributed by atoms with Gasteiger partial charge in [0.2, 0.25) is 5.78 Å². The van der Waals surface area contributed by atoms with Gasteiger partial charge in [0.1, 0.15) is 0 Å². The van der Waals surface area contributed by atoms with Crippen molar-refractivity contribution >= 4 is 28.9 Å². The van der Waals surface area contributed by atoms with Crippen molar-refractivity contribution in [2.75, 3.05) is 0 Å². The molecule has 0 aliphatic carbocycles. The summed E-state index contributed by atoms with van der Waals surface area (Å²) < 4.78 is 0. The Morgan fingerprint density at radius 1 is 1.43 bits per heavy atom. The van der Waals surface area contributed by atoms with Crippen molar-refractivity contribution in [1.29, 1.82) is 0 Å². The van der Waals surface area contributed by atoms with E-state index in [4.69, 9.17) is 5.11 Å². The second-order valence-electron chi connectivity index (χ2n) is 2.72. The molecule has 0 bridgehead atoms. The Labute approximate surface area is 84.2 Å². The van der Waals surface area contributed by atoms with Crippen molar-refractivity contribution < 1.29 is 19.5 Å². The van der Waals surface area contributed by atoms with Crippen LogP contribution in [0.3, 0.4) is 0 Å². The number of carboxylic acid groups (broad SMARTS) is 1. The third-order valence-electron chi connectivity index (χ3n) is 1.72. The summed E-state index contributed by atoms with van der Waals surface area (Å²) in [5.41, 5.74) is 0.435. The molecule has 0 saturated heterocycles. The van der Waals surface area contributed by atoms with E-state index in [0.29, 0.717) is 5.56 Å². The van der Waals surface area contributed by atoms with E-state index < -0.39 is 24.0 Å². The summed E-state index contributed by atoms with van der Waals surface area (Å²) in [6.07, 6.45) is -0.563. The Balaban J connectivity index is 2.74. The summed E-state index contributed by atoms with van der Waals surface area (Å²) in [5.74, 6) is -3.07. The fraction of sp³-hybridized carbons (Fsp3) is 0.222. The van der Waals surface area contributed by atoms with E-state index in [1.165, 1.54) is 11.3 Å². The zero-order valence-corrected chi connectivity index (χ0v) is 8.26. The van der Waals surface area contributed by atoms with Crippen LogP contribution in [0.4, 0.5) is 0 Å². The average molecular weight is 212 g/mol. The van der Waals surface area contributed by atoms with E-state index in [1.54, 1.807) is 18.4 Å². The summed E-state index contributed by atoms with van der Waals surface area (Å²) in [5, 5.41) is 10.0. The van der Waals surface area contributed by atoms with E-state index in [1.807, 2.05) is 0 Å². The van der Waals surface area contributed by atoms with Crippen LogP contribution in [0.2, 0.25) is 0 Å². The summed E-state index contributed by atoms with van der Waals surface area (Å²) in [6.45, 7) is 1.75. The molecule has 4 nitrogen and oxygen atoms in total. The van der Waals surface area contributed by atoms with Crippen LogP contribution in [0.5, 0.6) is 0 Å². The molecule has 0 atom stereocenters. The molecule has 1 heterocycles. The lowest BCUT2D eigenvalue weighted by molar-refractivity contribution is -0.148. The minimum absolute atomic E-state index is 0.434. The van der Waals surface area contributed by atoms with Crippen molar-refractivity contribution in [3.63, 3.8) is 0 Å². The fourth-order valence-corrected chi connectivity index (χ4v) is 1.71. The predicted molar refractivity (Wildman–Crippen MR) is 50.6 cm³/mol. The van der Waals surface area contributed by atoms with Gasteiger partial charge >= 0.3 is 5.97 Å². The summed E-state index contributed by atoms with van der Waals surface area (Å²) in [7, 11) is 0. The van der Waals surface area contributed by atoms with Gasteiger partial charge in [0.15, 0.2) is 5.78 Å². The Morgan fingerprint density at radius 3 is 2.50 bits per heavy atom. The number of ketones is 2. The number of Topliss-reactive ketones (excluding diaryl/α,β-unsaturated/α-hetero) is 2. The molecular formula is C9H8O4S. The highest BCUT2D eigenvalue weighted by atomic mass is 32.1. The lowest BCUT2D eigenvalue weighted by atomic mass is 10.1. The third-order valence-corrected chi connectivity index (χ3v) is 2.56. The maximum atomic E-state index is 11.4. The number of carboxylic acids is 1. The van der Waals surface area contributed by atoms with E-state index in [0.717, 1.165) is 4.88 Å². The van der Waals surface area contributed by atoms with Crippen molar-refractivity contribution in [3.05, 3.63) is 21.9 Å². The van der Waals surface area contributed by atoms with Gasteiger partial charge in [-0.15, -0.1) is 11.3 Å². The largest absolute Gasteiger partial charge is 0.475 e. The molecular weight excluding hydrogens is 204 g/mol. The van der Waals surface area contributed by atoms with Gasteiger partial charge < -0.3 is 5.11 Å². The Kier molecular flexibility index (Phi) is 3.14. The molecule has 0 aliphatic rings. The molecule has 74 valence electrons. The maximum absolute atomic E-state index is 11.4. The van der Waals surface area contributed by atoms with Crippen molar-refractivity contribution in [3.8, 4) is 0 Å². The third kappa shape index (κ3) is 2.26. The topological polar surface area (TPSA) is 71.4 Å². The van der Waals surface area contributed by atoms with Gasteiger partial charge in [-0.3, -0.25) is 9.59 Å². The minimum atomic E-state index is -1.56. The van der Waals surface area contributed by atoms with Crippen LogP contribution in [0.1, 0.15) is 21.7 Å². The van der Waals surface area contributed by atoms with Crippen LogP contribution < -0.4 is 0 Å². The normalized spacial score (nSPS) is 9.79. The first kappa shape index (κ1) is 10.6. The number of carbonyl (C=O) groups excluding carboxylic acids is 2. The number of hydrogen-bond acceptors (Lipinski definition) is 4. The zero-order chi connectivity index (χ0) is 10.7. The average Bonchev–Trinajstić information content (AvgIpc) is 2.51. The summed E-state index contributed by atoms with van der Waals surface area (Å²) in [6, 6.07) is 1.59. The first-order valence-electron chi connectivity index (χ1n) is 3.85. The van der Waals surface area contributed by atoms with E-state index in [2.05, 4.69) is 0 Å². The molecule has 1 aromatic rings. The molecule has 1 N–H and O–H groups in total. The Hall–Kier alpha value is -1.49. The standard InChI is InChI=1S/C9H8O4S/c1-5-6(2-3-14-5)7(10)4-8(11)9(12)13/h2-3H,4H2,1H3,(H,12,13). The molecule has 0 spiro atoms. The van der Waals surface area contributed by atoms with Crippen LogP contribution in [0.25, 0.3) is 0 Å². The van der Waals surface area contributed by atoms with Gasteiger partial charge in [-0.05, 0) is 18.4 Å². The first-order chi connectivity index (χ1) is 6.52.